The summed E-state index contributed by atoms with van der Waals surface area (Å²) in [6.07, 6.45) is 1.86. The predicted octanol–water partition coefficient (Wildman–Crippen LogP) is 4.63. The van der Waals surface area contributed by atoms with Gasteiger partial charge in [0, 0.05) is 21.6 Å². The lowest BCUT2D eigenvalue weighted by molar-refractivity contribution is 0.904. The first-order chi connectivity index (χ1) is 8.65. The molecule has 0 spiro atoms. The number of hydrogen-bond donors (Lipinski definition) is 1. The van der Waals surface area contributed by atoms with Crippen molar-refractivity contribution in [3.63, 3.8) is 0 Å². The Balaban J connectivity index is 2.08. The number of aromatic nitrogens is 1. The Bertz CT molecular complexity index is 531. The molecule has 5 heteroatoms. The molecule has 2 aromatic rings. The molecule has 18 heavy (non-hydrogen) atoms. The Kier molecular flexibility index (Phi) is 4.49. The van der Waals surface area contributed by atoms with Crippen molar-refractivity contribution < 1.29 is 0 Å². The van der Waals surface area contributed by atoms with Gasteiger partial charge in [0.25, 0.3) is 0 Å². The quantitative estimate of drug-likeness (QED) is 0.658. The van der Waals surface area contributed by atoms with Crippen LogP contribution in [0.1, 0.15) is 13.8 Å². The standard InChI is InChI=1S/C13H14BrN3S/c1-9(2)7-15-17-13-16-12(8-18-13)10-3-5-11(14)6-4-10/h3-9H,1-2H3,(H,16,17). The van der Waals surface area contributed by atoms with Gasteiger partial charge in [0.1, 0.15) is 0 Å². The second kappa shape index (κ2) is 6.11. The van der Waals surface area contributed by atoms with E-state index in [1.165, 1.54) is 0 Å². The molecule has 0 aliphatic rings. The summed E-state index contributed by atoms with van der Waals surface area (Å²) in [7, 11) is 0. The van der Waals surface area contributed by atoms with Crippen molar-refractivity contribution in [1.82, 2.24) is 4.98 Å². The molecule has 1 N–H and O–H groups in total. The highest BCUT2D eigenvalue weighted by Gasteiger charge is 2.03. The number of hydrogen-bond acceptors (Lipinski definition) is 4. The van der Waals surface area contributed by atoms with Crippen molar-refractivity contribution in [2.45, 2.75) is 13.8 Å². The molecule has 0 atom stereocenters. The number of halogens is 1. The third-order valence-electron chi connectivity index (χ3n) is 2.18. The fraction of sp³-hybridized carbons (Fsp3) is 0.231. The maximum atomic E-state index is 4.49. The summed E-state index contributed by atoms with van der Waals surface area (Å²) >= 11 is 4.97. The van der Waals surface area contributed by atoms with Crippen LogP contribution in [0.3, 0.4) is 0 Å². The molecule has 0 amide bonds. The van der Waals surface area contributed by atoms with E-state index in [1.807, 2.05) is 35.9 Å². The molecule has 0 saturated carbocycles. The number of nitrogens with one attached hydrogen (secondary N) is 1. The van der Waals surface area contributed by atoms with Crippen LogP contribution in [0.5, 0.6) is 0 Å². The number of rotatable bonds is 4. The van der Waals surface area contributed by atoms with Crippen LogP contribution in [-0.2, 0) is 0 Å². The van der Waals surface area contributed by atoms with Gasteiger partial charge in [-0.15, -0.1) is 11.3 Å². The highest BCUT2D eigenvalue weighted by atomic mass is 79.9. The van der Waals surface area contributed by atoms with Gasteiger partial charge >= 0.3 is 0 Å². The van der Waals surface area contributed by atoms with Crippen molar-refractivity contribution in [3.05, 3.63) is 34.1 Å². The van der Waals surface area contributed by atoms with E-state index in [2.05, 4.69) is 45.3 Å². The average Bonchev–Trinajstić information content (AvgIpc) is 2.78. The number of thiazole rings is 1. The third kappa shape index (κ3) is 3.65. The Morgan fingerprint density at radius 2 is 2.06 bits per heavy atom. The molecule has 0 unspecified atom stereocenters. The first-order valence-electron chi connectivity index (χ1n) is 5.66. The zero-order chi connectivity index (χ0) is 13.0. The molecular formula is C13H14BrN3S. The molecule has 0 radical (unpaired) electrons. The molecule has 94 valence electrons. The van der Waals surface area contributed by atoms with Gasteiger partial charge in [-0.1, -0.05) is 41.9 Å². The molecule has 1 aromatic heterocycles. The van der Waals surface area contributed by atoms with Crippen LogP contribution in [0.25, 0.3) is 11.3 Å². The van der Waals surface area contributed by atoms with Crippen LogP contribution in [0.4, 0.5) is 5.13 Å². The van der Waals surface area contributed by atoms with E-state index >= 15 is 0 Å². The van der Waals surface area contributed by atoms with E-state index in [-0.39, 0.29) is 0 Å². The summed E-state index contributed by atoms with van der Waals surface area (Å²) in [5, 5.41) is 6.96. The minimum atomic E-state index is 0.434. The maximum Gasteiger partial charge on any atom is 0.203 e. The maximum absolute atomic E-state index is 4.49. The van der Waals surface area contributed by atoms with Crippen molar-refractivity contribution in [2.75, 3.05) is 5.43 Å². The van der Waals surface area contributed by atoms with Crippen LogP contribution >= 0.6 is 27.3 Å². The van der Waals surface area contributed by atoms with E-state index in [0.717, 1.165) is 20.9 Å². The lowest BCUT2D eigenvalue weighted by Gasteiger charge is -1.97. The SMILES string of the molecule is CC(C)C=NNc1nc(-c2ccc(Br)cc2)cs1. The smallest absolute Gasteiger partial charge is 0.203 e. The number of anilines is 1. The van der Waals surface area contributed by atoms with E-state index in [9.17, 15) is 0 Å². The monoisotopic (exact) mass is 323 g/mol. The molecule has 3 nitrogen and oxygen atoms in total. The van der Waals surface area contributed by atoms with Gasteiger partial charge in [-0.2, -0.15) is 5.10 Å². The summed E-state index contributed by atoms with van der Waals surface area (Å²) in [5.41, 5.74) is 5.02. The summed E-state index contributed by atoms with van der Waals surface area (Å²) in [6.45, 7) is 4.17. The van der Waals surface area contributed by atoms with Gasteiger partial charge in [-0.05, 0) is 18.1 Å². The number of benzene rings is 1. The molecule has 2 rings (SSSR count). The van der Waals surface area contributed by atoms with Gasteiger partial charge in [0.2, 0.25) is 5.13 Å². The molecule has 0 bridgehead atoms. The first-order valence-corrected chi connectivity index (χ1v) is 7.33. The Morgan fingerprint density at radius 3 is 2.72 bits per heavy atom. The average molecular weight is 324 g/mol. The summed E-state index contributed by atoms with van der Waals surface area (Å²) in [6, 6.07) is 8.11. The first kappa shape index (κ1) is 13.2. The topological polar surface area (TPSA) is 37.3 Å². The second-order valence-electron chi connectivity index (χ2n) is 4.18. The molecule has 0 aliphatic carbocycles. The lowest BCUT2D eigenvalue weighted by Crippen LogP contribution is -1.93. The zero-order valence-corrected chi connectivity index (χ0v) is 12.6. The van der Waals surface area contributed by atoms with E-state index < -0.39 is 0 Å². The normalized spacial score (nSPS) is 11.3. The second-order valence-corrected chi connectivity index (χ2v) is 5.95. The summed E-state index contributed by atoms with van der Waals surface area (Å²) < 4.78 is 1.07. The van der Waals surface area contributed by atoms with Crippen molar-refractivity contribution >= 4 is 38.6 Å². The van der Waals surface area contributed by atoms with Crippen molar-refractivity contribution in [1.29, 1.82) is 0 Å². The minimum Gasteiger partial charge on any atom is -0.253 e. The fourth-order valence-corrected chi connectivity index (χ4v) is 2.25. The fourth-order valence-electron chi connectivity index (χ4n) is 1.32. The Labute approximate surface area is 119 Å². The number of nitrogens with zero attached hydrogens (tertiary/aromatic N) is 2. The molecule has 0 saturated heterocycles. The molecule has 1 aromatic carbocycles. The third-order valence-corrected chi connectivity index (χ3v) is 3.45. The Morgan fingerprint density at radius 1 is 1.33 bits per heavy atom. The molecule has 0 aliphatic heterocycles. The van der Waals surface area contributed by atoms with Gasteiger partial charge in [0.15, 0.2) is 0 Å². The van der Waals surface area contributed by atoms with Gasteiger partial charge in [-0.3, -0.25) is 5.43 Å². The molecular weight excluding hydrogens is 310 g/mol. The van der Waals surface area contributed by atoms with E-state index in [4.69, 9.17) is 0 Å². The zero-order valence-electron chi connectivity index (χ0n) is 10.2. The van der Waals surface area contributed by atoms with Gasteiger partial charge in [0.05, 0.1) is 5.69 Å². The van der Waals surface area contributed by atoms with E-state index in [1.54, 1.807) is 11.3 Å². The van der Waals surface area contributed by atoms with E-state index in [0.29, 0.717) is 5.92 Å². The summed E-state index contributed by atoms with van der Waals surface area (Å²) in [5.74, 6) is 0.434. The molecule has 0 fully saturated rings. The lowest BCUT2D eigenvalue weighted by atomic mass is 10.2. The van der Waals surface area contributed by atoms with Crippen molar-refractivity contribution in [2.24, 2.45) is 11.0 Å². The number of hydrazone groups is 1. The van der Waals surface area contributed by atoms with Gasteiger partial charge < -0.3 is 0 Å². The van der Waals surface area contributed by atoms with Crippen LogP contribution in [0, 0.1) is 5.92 Å². The molecule has 1 heterocycles. The van der Waals surface area contributed by atoms with Crippen molar-refractivity contribution in [3.8, 4) is 11.3 Å². The van der Waals surface area contributed by atoms with Gasteiger partial charge in [-0.25, -0.2) is 4.98 Å². The van der Waals surface area contributed by atoms with Crippen LogP contribution in [-0.4, -0.2) is 11.2 Å². The largest absolute Gasteiger partial charge is 0.253 e. The summed E-state index contributed by atoms with van der Waals surface area (Å²) in [4.78, 5) is 4.49. The highest BCUT2D eigenvalue weighted by Crippen LogP contribution is 2.25. The van der Waals surface area contributed by atoms with Crippen LogP contribution in [0.15, 0.2) is 39.2 Å². The predicted molar refractivity (Wildman–Crippen MR) is 82.2 cm³/mol. The Hall–Kier alpha value is -1.20. The highest BCUT2D eigenvalue weighted by molar-refractivity contribution is 9.10. The minimum absolute atomic E-state index is 0.434. The van der Waals surface area contributed by atoms with Crippen LogP contribution in [0.2, 0.25) is 0 Å². The van der Waals surface area contributed by atoms with Crippen LogP contribution < -0.4 is 5.43 Å².